The van der Waals surface area contributed by atoms with Gasteiger partial charge >= 0.3 is 0 Å². The topological polar surface area (TPSA) is 86.8 Å². The van der Waals surface area contributed by atoms with E-state index < -0.39 is 34.3 Å². The van der Waals surface area contributed by atoms with Crippen LogP contribution in [0.1, 0.15) is 31.4 Å². The van der Waals surface area contributed by atoms with Gasteiger partial charge in [-0.1, -0.05) is 71.4 Å². The van der Waals surface area contributed by atoms with Gasteiger partial charge in [-0.05, 0) is 54.8 Å². The molecule has 0 unspecified atom stereocenters. The number of hydrogen-bond donors (Lipinski definition) is 1. The first-order valence-electron chi connectivity index (χ1n) is 12.6. The van der Waals surface area contributed by atoms with Gasteiger partial charge in [0.25, 0.3) is 0 Å². The second-order valence-electron chi connectivity index (χ2n) is 9.42. The van der Waals surface area contributed by atoms with E-state index in [2.05, 4.69) is 21.2 Å². The van der Waals surface area contributed by atoms with Gasteiger partial charge in [0.1, 0.15) is 18.4 Å². The van der Waals surface area contributed by atoms with Gasteiger partial charge in [0.2, 0.25) is 21.8 Å². The Morgan fingerprint density at radius 2 is 1.64 bits per heavy atom. The summed E-state index contributed by atoms with van der Waals surface area (Å²) in [5.41, 5.74) is 1.64. The molecule has 0 heterocycles. The minimum atomic E-state index is -3.96. The third-order valence-corrected chi connectivity index (χ3v) is 7.98. The number of anilines is 1. The summed E-state index contributed by atoms with van der Waals surface area (Å²) in [6.07, 6.45) is 1.89. The lowest BCUT2D eigenvalue weighted by atomic mass is 10.0. The Morgan fingerprint density at radius 1 is 0.974 bits per heavy atom. The summed E-state index contributed by atoms with van der Waals surface area (Å²) >= 11 is 3.41. The lowest BCUT2D eigenvalue weighted by molar-refractivity contribution is -0.140. The first-order chi connectivity index (χ1) is 18.5. The number of sulfonamides is 1. The molecule has 0 bridgehead atoms. The van der Waals surface area contributed by atoms with Gasteiger partial charge in [0, 0.05) is 23.5 Å². The van der Waals surface area contributed by atoms with Crippen LogP contribution in [0, 0.1) is 5.82 Å². The zero-order chi connectivity index (χ0) is 28.6. The van der Waals surface area contributed by atoms with E-state index in [-0.39, 0.29) is 30.6 Å². The lowest BCUT2D eigenvalue weighted by Gasteiger charge is -2.34. The SMILES string of the molecule is CC[C@@H](C)NC(=O)[C@H](Cc1ccccc1)N(Cc1ccc(Br)cc1)C(=O)CN(c1cccc(F)c1)S(C)(=O)=O. The summed E-state index contributed by atoms with van der Waals surface area (Å²) in [7, 11) is -3.96. The van der Waals surface area contributed by atoms with Gasteiger partial charge in [0.05, 0.1) is 11.9 Å². The lowest BCUT2D eigenvalue weighted by Crippen LogP contribution is -2.54. The number of nitrogens with one attached hydrogen (secondary N) is 1. The number of benzene rings is 3. The highest BCUT2D eigenvalue weighted by atomic mass is 79.9. The van der Waals surface area contributed by atoms with Gasteiger partial charge in [-0.15, -0.1) is 0 Å². The predicted octanol–water partition coefficient (Wildman–Crippen LogP) is 4.91. The number of carbonyl (C=O) groups is 2. The molecule has 7 nitrogen and oxygen atoms in total. The molecule has 2 atom stereocenters. The van der Waals surface area contributed by atoms with Crippen molar-refractivity contribution in [1.82, 2.24) is 10.2 Å². The molecule has 0 radical (unpaired) electrons. The molecule has 0 saturated heterocycles. The van der Waals surface area contributed by atoms with E-state index in [1.807, 2.05) is 68.4 Å². The standard InChI is InChI=1S/C29H33BrFN3O4S/c1-4-21(2)32-29(36)27(17-22-9-6-5-7-10-22)33(19-23-13-15-24(30)16-14-23)28(35)20-34(39(3,37)38)26-12-8-11-25(31)18-26/h5-16,18,21,27H,4,17,19-20H2,1-3H3,(H,32,36)/t21-,27+/m1/s1. The van der Waals surface area contributed by atoms with E-state index in [9.17, 15) is 22.4 Å². The zero-order valence-electron chi connectivity index (χ0n) is 22.2. The van der Waals surface area contributed by atoms with Gasteiger partial charge < -0.3 is 10.2 Å². The molecule has 0 aromatic heterocycles. The molecule has 0 aliphatic carbocycles. The first kappa shape index (κ1) is 30.3. The maximum Gasteiger partial charge on any atom is 0.244 e. The molecule has 0 aliphatic rings. The Kier molecular flexibility index (Phi) is 10.7. The van der Waals surface area contributed by atoms with Gasteiger partial charge in [0.15, 0.2) is 0 Å². The molecule has 39 heavy (non-hydrogen) atoms. The van der Waals surface area contributed by atoms with E-state index in [4.69, 9.17) is 0 Å². The second-order valence-corrected chi connectivity index (χ2v) is 12.2. The van der Waals surface area contributed by atoms with E-state index in [1.54, 1.807) is 0 Å². The fraction of sp³-hybridized carbons (Fsp3) is 0.310. The minimum absolute atomic E-state index is 0.0260. The molecule has 1 N–H and O–H groups in total. The van der Waals surface area contributed by atoms with E-state index >= 15 is 0 Å². The van der Waals surface area contributed by atoms with E-state index in [0.29, 0.717) is 6.42 Å². The van der Waals surface area contributed by atoms with Crippen LogP contribution >= 0.6 is 15.9 Å². The smallest absolute Gasteiger partial charge is 0.244 e. The molecule has 208 valence electrons. The van der Waals surface area contributed by atoms with Crippen LogP contribution in [-0.4, -0.2) is 50.0 Å². The molecule has 3 aromatic carbocycles. The molecule has 0 fully saturated rings. The number of halogens is 2. The van der Waals surface area contributed by atoms with Crippen LogP contribution in [0.15, 0.2) is 83.3 Å². The largest absolute Gasteiger partial charge is 0.352 e. The van der Waals surface area contributed by atoms with Crippen LogP contribution in [0.2, 0.25) is 0 Å². The van der Waals surface area contributed by atoms with Crippen LogP contribution in [-0.2, 0) is 32.6 Å². The monoisotopic (exact) mass is 617 g/mol. The quantitative estimate of drug-likeness (QED) is 0.313. The van der Waals surface area contributed by atoms with Gasteiger partial charge in [-0.25, -0.2) is 12.8 Å². The molecule has 10 heteroatoms. The highest BCUT2D eigenvalue weighted by Gasteiger charge is 2.33. The first-order valence-corrected chi connectivity index (χ1v) is 15.2. The molecule has 0 spiro atoms. The van der Waals surface area contributed by atoms with Crippen molar-refractivity contribution in [3.63, 3.8) is 0 Å². The summed E-state index contributed by atoms with van der Waals surface area (Å²) in [5.74, 6) is -1.56. The van der Waals surface area contributed by atoms with Crippen molar-refractivity contribution in [3.8, 4) is 0 Å². The fourth-order valence-electron chi connectivity index (χ4n) is 4.03. The maximum atomic E-state index is 14.0. The minimum Gasteiger partial charge on any atom is -0.352 e. The number of carbonyl (C=O) groups excluding carboxylic acids is 2. The molecular formula is C29H33BrFN3O4S. The fourth-order valence-corrected chi connectivity index (χ4v) is 5.13. The summed E-state index contributed by atoms with van der Waals surface area (Å²) in [6.45, 7) is 3.30. The van der Waals surface area contributed by atoms with Crippen molar-refractivity contribution in [3.05, 3.63) is 100 Å². The number of hydrogen-bond acceptors (Lipinski definition) is 4. The van der Waals surface area contributed by atoms with Crippen LogP contribution in [0.25, 0.3) is 0 Å². The highest BCUT2D eigenvalue weighted by molar-refractivity contribution is 9.10. The molecular weight excluding hydrogens is 585 g/mol. The van der Waals surface area contributed by atoms with E-state index in [1.165, 1.54) is 23.1 Å². The summed E-state index contributed by atoms with van der Waals surface area (Å²) in [4.78, 5) is 29.0. The molecule has 3 aromatic rings. The molecule has 2 amide bonds. The third kappa shape index (κ3) is 8.90. The van der Waals surface area contributed by atoms with Crippen LogP contribution in [0.5, 0.6) is 0 Å². The maximum absolute atomic E-state index is 14.0. The molecule has 0 saturated carbocycles. The van der Waals surface area contributed by atoms with Crippen LogP contribution < -0.4 is 9.62 Å². The Morgan fingerprint density at radius 3 is 2.23 bits per heavy atom. The second kappa shape index (κ2) is 13.7. The van der Waals surface area contributed by atoms with Crippen molar-refractivity contribution in [2.75, 3.05) is 17.1 Å². The molecule has 3 rings (SSSR count). The van der Waals surface area contributed by atoms with Crippen molar-refractivity contribution < 1.29 is 22.4 Å². The van der Waals surface area contributed by atoms with Crippen LogP contribution in [0.4, 0.5) is 10.1 Å². The Hall–Kier alpha value is -3.24. The molecule has 0 aliphatic heterocycles. The Labute approximate surface area is 238 Å². The Balaban J connectivity index is 2.05. The third-order valence-electron chi connectivity index (χ3n) is 6.31. The zero-order valence-corrected chi connectivity index (χ0v) is 24.6. The predicted molar refractivity (Wildman–Crippen MR) is 155 cm³/mol. The van der Waals surface area contributed by atoms with Gasteiger partial charge in [-0.2, -0.15) is 0 Å². The van der Waals surface area contributed by atoms with Crippen molar-refractivity contribution >= 4 is 43.5 Å². The number of amides is 2. The highest BCUT2D eigenvalue weighted by Crippen LogP contribution is 2.22. The normalized spacial score (nSPS) is 12.8. The van der Waals surface area contributed by atoms with Crippen molar-refractivity contribution in [1.29, 1.82) is 0 Å². The summed E-state index contributed by atoms with van der Waals surface area (Å²) < 4.78 is 41.2. The van der Waals surface area contributed by atoms with Crippen molar-refractivity contribution in [2.45, 2.75) is 45.3 Å². The Bertz CT molecular complexity index is 1370. The summed E-state index contributed by atoms with van der Waals surface area (Å²) in [5, 5.41) is 2.98. The average Bonchev–Trinajstić information content (AvgIpc) is 2.90. The van der Waals surface area contributed by atoms with Crippen molar-refractivity contribution in [2.24, 2.45) is 0 Å². The van der Waals surface area contributed by atoms with E-state index in [0.717, 1.165) is 32.2 Å². The number of rotatable bonds is 12. The average molecular weight is 619 g/mol. The van der Waals surface area contributed by atoms with Gasteiger partial charge in [-0.3, -0.25) is 13.9 Å². The number of nitrogens with zero attached hydrogens (tertiary/aromatic N) is 2. The summed E-state index contributed by atoms with van der Waals surface area (Å²) in [6, 6.07) is 20.7. The van der Waals surface area contributed by atoms with Crippen LogP contribution in [0.3, 0.4) is 0 Å².